The minimum Gasteiger partial charge on any atom is -0.371 e. The van der Waals surface area contributed by atoms with Gasteiger partial charge in [0.2, 0.25) is 0 Å². The number of halogens is 5. The molecular weight excluding hydrogens is 281 g/mol. The van der Waals surface area contributed by atoms with Crippen molar-refractivity contribution in [1.29, 1.82) is 0 Å². The van der Waals surface area contributed by atoms with Crippen LogP contribution >= 0.6 is 0 Å². The third-order valence-electron chi connectivity index (χ3n) is 2.41. The largest absolute Gasteiger partial charge is 0.371 e. The zero-order valence-electron chi connectivity index (χ0n) is 10.1. The first kappa shape index (κ1) is 14.0. The minimum absolute atomic E-state index is 0.300. The van der Waals surface area contributed by atoms with Crippen LogP contribution in [0.25, 0.3) is 0 Å². The third-order valence-corrected chi connectivity index (χ3v) is 2.41. The molecule has 2 aromatic rings. The number of anilines is 3. The van der Waals surface area contributed by atoms with Gasteiger partial charge in [-0.25, -0.2) is 26.9 Å². The van der Waals surface area contributed by atoms with Gasteiger partial charge in [-0.05, 0) is 0 Å². The highest BCUT2D eigenvalue weighted by Crippen LogP contribution is 2.25. The predicted octanol–water partition coefficient (Wildman–Crippen LogP) is 3.56. The van der Waals surface area contributed by atoms with E-state index in [0.717, 1.165) is 0 Å². The number of pyridine rings is 1. The molecule has 0 aliphatic carbocycles. The molecule has 0 fully saturated rings. The van der Waals surface area contributed by atoms with E-state index < -0.39 is 40.6 Å². The number of aromatic nitrogens is 1. The highest BCUT2D eigenvalue weighted by Gasteiger charge is 2.15. The average Bonchev–Trinajstić information content (AvgIpc) is 2.38. The fraction of sp³-hybridized carbons (Fsp3) is 0.0833. The van der Waals surface area contributed by atoms with E-state index in [1.54, 1.807) is 0 Å². The number of benzene rings is 1. The predicted molar refractivity (Wildman–Crippen MR) is 63.3 cm³/mol. The number of hydrogen-bond donors (Lipinski definition) is 2. The lowest BCUT2D eigenvalue weighted by molar-refractivity contribution is 0.498. The fourth-order valence-electron chi connectivity index (χ4n) is 1.50. The highest BCUT2D eigenvalue weighted by molar-refractivity contribution is 5.59. The van der Waals surface area contributed by atoms with E-state index >= 15 is 0 Å². The first-order valence-corrected chi connectivity index (χ1v) is 5.37. The summed E-state index contributed by atoms with van der Waals surface area (Å²) in [5.74, 6) is -6.85. The van der Waals surface area contributed by atoms with E-state index in [1.165, 1.54) is 7.05 Å². The summed E-state index contributed by atoms with van der Waals surface area (Å²) in [6, 6.07) is 1.48. The van der Waals surface area contributed by atoms with Gasteiger partial charge in [-0.15, -0.1) is 0 Å². The molecule has 0 spiro atoms. The van der Waals surface area contributed by atoms with Gasteiger partial charge in [0.25, 0.3) is 0 Å². The van der Waals surface area contributed by atoms with Crippen LogP contribution in [0.3, 0.4) is 0 Å². The molecule has 0 unspecified atom stereocenters. The van der Waals surface area contributed by atoms with Crippen LogP contribution in [-0.4, -0.2) is 12.0 Å². The molecule has 20 heavy (non-hydrogen) atoms. The smallest absolute Gasteiger partial charge is 0.182 e. The van der Waals surface area contributed by atoms with Crippen molar-refractivity contribution in [2.45, 2.75) is 0 Å². The fourth-order valence-corrected chi connectivity index (χ4v) is 1.50. The van der Waals surface area contributed by atoms with Gasteiger partial charge in [0, 0.05) is 25.2 Å². The van der Waals surface area contributed by atoms with Crippen LogP contribution in [0.4, 0.5) is 39.3 Å². The SMILES string of the molecule is CNc1nc(Nc2cc(F)cc(F)c2F)c(F)cc1F. The lowest BCUT2D eigenvalue weighted by Crippen LogP contribution is -2.05. The maximum Gasteiger partial charge on any atom is 0.182 e. The molecule has 3 nitrogen and oxygen atoms in total. The molecule has 0 radical (unpaired) electrons. The van der Waals surface area contributed by atoms with Crippen molar-refractivity contribution in [3.05, 3.63) is 47.3 Å². The molecule has 0 saturated heterocycles. The first-order valence-electron chi connectivity index (χ1n) is 5.37. The quantitative estimate of drug-likeness (QED) is 0.670. The Morgan fingerprint density at radius 1 is 0.850 bits per heavy atom. The molecule has 2 rings (SSSR count). The molecule has 1 heterocycles. The molecule has 2 N–H and O–H groups in total. The molecule has 0 bridgehead atoms. The van der Waals surface area contributed by atoms with Crippen LogP contribution in [0.5, 0.6) is 0 Å². The van der Waals surface area contributed by atoms with E-state index in [2.05, 4.69) is 15.6 Å². The van der Waals surface area contributed by atoms with Gasteiger partial charge in [0.05, 0.1) is 5.69 Å². The summed E-state index contributed by atoms with van der Waals surface area (Å²) in [5.41, 5.74) is -0.650. The standard InChI is InChI=1S/C12H8F5N3/c1-18-11-7(15)4-8(16)12(20-11)19-9-3-5(13)2-6(14)10(9)17/h2-4H,1H3,(H2,18,19,20). The molecule has 1 aromatic carbocycles. The lowest BCUT2D eigenvalue weighted by Gasteiger charge is -2.10. The maximum absolute atomic E-state index is 13.5. The summed E-state index contributed by atoms with van der Waals surface area (Å²) in [7, 11) is 1.34. The Labute approximate surface area is 110 Å². The van der Waals surface area contributed by atoms with Gasteiger partial charge < -0.3 is 10.6 Å². The summed E-state index contributed by atoms with van der Waals surface area (Å²) in [6.07, 6.45) is 0. The Kier molecular flexibility index (Phi) is 3.73. The zero-order chi connectivity index (χ0) is 14.9. The second-order valence-electron chi connectivity index (χ2n) is 3.77. The van der Waals surface area contributed by atoms with E-state index in [0.29, 0.717) is 18.2 Å². The molecule has 8 heteroatoms. The van der Waals surface area contributed by atoms with Gasteiger partial charge in [-0.1, -0.05) is 0 Å². The molecule has 0 aliphatic heterocycles. The van der Waals surface area contributed by atoms with Crippen LogP contribution in [0, 0.1) is 29.1 Å². The van der Waals surface area contributed by atoms with Crippen molar-refractivity contribution in [2.24, 2.45) is 0 Å². The average molecular weight is 289 g/mol. The van der Waals surface area contributed by atoms with Crippen LogP contribution in [0.15, 0.2) is 18.2 Å². The monoisotopic (exact) mass is 289 g/mol. The van der Waals surface area contributed by atoms with Gasteiger partial charge in [-0.3, -0.25) is 0 Å². The molecule has 0 amide bonds. The van der Waals surface area contributed by atoms with E-state index in [4.69, 9.17) is 0 Å². The number of nitrogens with one attached hydrogen (secondary N) is 2. The summed E-state index contributed by atoms with van der Waals surface area (Å²) in [6.45, 7) is 0. The van der Waals surface area contributed by atoms with Gasteiger partial charge in [0.15, 0.2) is 34.9 Å². The van der Waals surface area contributed by atoms with Crippen molar-refractivity contribution in [3.63, 3.8) is 0 Å². The van der Waals surface area contributed by atoms with Crippen LogP contribution in [0.2, 0.25) is 0 Å². The van der Waals surface area contributed by atoms with Crippen molar-refractivity contribution in [1.82, 2.24) is 4.98 Å². The second-order valence-corrected chi connectivity index (χ2v) is 3.77. The Morgan fingerprint density at radius 3 is 2.15 bits per heavy atom. The molecular formula is C12H8F5N3. The Hall–Kier alpha value is -2.38. The molecule has 0 aliphatic rings. The van der Waals surface area contributed by atoms with Crippen molar-refractivity contribution in [2.75, 3.05) is 17.7 Å². The number of rotatable bonds is 3. The van der Waals surface area contributed by atoms with Crippen molar-refractivity contribution in [3.8, 4) is 0 Å². The Morgan fingerprint density at radius 2 is 1.50 bits per heavy atom. The zero-order valence-corrected chi connectivity index (χ0v) is 10.1. The first-order chi connectivity index (χ1) is 9.42. The Bertz CT molecular complexity index is 660. The second kappa shape index (κ2) is 5.32. The maximum atomic E-state index is 13.5. The van der Waals surface area contributed by atoms with Crippen LogP contribution in [0.1, 0.15) is 0 Å². The lowest BCUT2D eigenvalue weighted by atomic mass is 10.2. The third kappa shape index (κ3) is 2.63. The Balaban J connectivity index is 2.45. The number of hydrogen-bond acceptors (Lipinski definition) is 3. The number of nitrogens with zero attached hydrogens (tertiary/aromatic N) is 1. The molecule has 1 aromatic heterocycles. The summed E-state index contributed by atoms with van der Waals surface area (Å²) in [4.78, 5) is 3.50. The van der Waals surface area contributed by atoms with Gasteiger partial charge in [-0.2, -0.15) is 0 Å². The van der Waals surface area contributed by atoms with E-state index in [1.807, 2.05) is 0 Å². The molecule has 106 valence electrons. The minimum atomic E-state index is -1.44. The highest BCUT2D eigenvalue weighted by atomic mass is 19.2. The summed E-state index contributed by atoms with van der Waals surface area (Å²) < 4.78 is 66.1. The van der Waals surface area contributed by atoms with Crippen molar-refractivity contribution < 1.29 is 22.0 Å². The normalized spacial score (nSPS) is 10.5. The summed E-state index contributed by atoms with van der Waals surface area (Å²) >= 11 is 0. The van der Waals surface area contributed by atoms with E-state index in [-0.39, 0.29) is 5.82 Å². The van der Waals surface area contributed by atoms with Gasteiger partial charge >= 0.3 is 0 Å². The van der Waals surface area contributed by atoms with E-state index in [9.17, 15) is 22.0 Å². The summed E-state index contributed by atoms with van der Waals surface area (Å²) in [5, 5.41) is 4.43. The molecule has 0 saturated carbocycles. The molecule has 0 atom stereocenters. The van der Waals surface area contributed by atoms with Crippen molar-refractivity contribution >= 4 is 17.3 Å². The van der Waals surface area contributed by atoms with Gasteiger partial charge in [0.1, 0.15) is 5.82 Å². The van der Waals surface area contributed by atoms with Crippen LogP contribution < -0.4 is 10.6 Å². The van der Waals surface area contributed by atoms with Crippen LogP contribution in [-0.2, 0) is 0 Å². The topological polar surface area (TPSA) is 37.0 Å².